The van der Waals surface area contributed by atoms with Gasteiger partial charge in [-0.15, -0.1) is 12.8 Å². The largest absolute Gasteiger partial charge is 0.359 e. The van der Waals surface area contributed by atoms with Gasteiger partial charge in [-0.05, 0) is 13.0 Å². The maximum atomic E-state index is 5.50. The van der Waals surface area contributed by atoms with Crippen LogP contribution in [-0.4, -0.2) is 31.7 Å². The molecule has 0 aliphatic carbocycles. The fourth-order valence-corrected chi connectivity index (χ4v) is 1.25. The van der Waals surface area contributed by atoms with Crippen LogP contribution in [0.2, 0.25) is 0 Å². The van der Waals surface area contributed by atoms with Crippen molar-refractivity contribution in [1.82, 2.24) is 0 Å². The van der Waals surface area contributed by atoms with Crippen LogP contribution >= 0.6 is 0 Å². The van der Waals surface area contributed by atoms with Gasteiger partial charge in [-0.25, -0.2) is 0 Å². The molecule has 0 radical (unpaired) electrons. The molecular formula is C12H14O3. The number of hydrogen-bond donors (Lipinski definition) is 0. The fraction of sp³-hybridized carbons (Fsp3) is 0.500. The molecule has 0 aromatic heterocycles. The van der Waals surface area contributed by atoms with Gasteiger partial charge in [0.05, 0.1) is 6.10 Å². The van der Waals surface area contributed by atoms with Gasteiger partial charge in [0.2, 0.25) is 0 Å². The standard InChI is InChI=1S/C12H14O3/c1-4-8-13-11-6-7-12(14-9-5-2)15-10(11)3/h1-2,6-7,10-12H,8-9H2,3H3/t10-,11+,12+/m0/s1. The predicted molar refractivity (Wildman–Crippen MR) is 56.8 cm³/mol. The molecule has 0 spiro atoms. The van der Waals surface area contributed by atoms with E-state index in [0.717, 1.165) is 0 Å². The van der Waals surface area contributed by atoms with E-state index in [2.05, 4.69) is 11.8 Å². The zero-order valence-corrected chi connectivity index (χ0v) is 8.68. The second-order valence-corrected chi connectivity index (χ2v) is 3.09. The van der Waals surface area contributed by atoms with Crippen molar-refractivity contribution in [2.75, 3.05) is 13.2 Å². The Bertz CT molecular complexity index is 295. The summed E-state index contributed by atoms with van der Waals surface area (Å²) in [5.74, 6) is 4.79. The van der Waals surface area contributed by atoms with E-state index in [1.165, 1.54) is 0 Å². The first-order valence-corrected chi connectivity index (χ1v) is 4.72. The summed E-state index contributed by atoms with van der Waals surface area (Å²) in [6.07, 6.45) is 13.2. The Morgan fingerprint density at radius 3 is 2.47 bits per heavy atom. The Kier molecular flexibility index (Phi) is 4.93. The van der Waals surface area contributed by atoms with E-state index in [9.17, 15) is 0 Å². The summed E-state index contributed by atoms with van der Waals surface area (Å²) in [4.78, 5) is 0. The SMILES string of the molecule is C#CCO[C@H]1C=C[C@@H](OCC#C)[C@H](C)O1. The van der Waals surface area contributed by atoms with Gasteiger partial charge in [0, 0.05) is 0 Å². The van der Waals surface area contributed by atoms with Crippen molar-refractivity contribution in [3.63, 3.8) is 0 Å². The van der Waals surface area contributed by atoms with Crippen molar-refractivity contribution >= 4 is 0 Å². The molecule has 1 aliphatic heterocycles. The van der Waals surface area contributed by atoms with Crippen LogP contribution in [0.3, 0.4) is 0 Å². The molecule has 0 fully saturated rings. The van der Waals surface area contributed by atoms with Crippen LogP contribution in [0.1, 0.15) is 6.92 Å². The molecule has 0 saturated carbocycles. The summed E-state index contributed by atoms with van der Waals surface area (Å²) < 4.78 is 16.1. The van der Waals surface area contributed by atoms with E-state index in [0.29, 0.717) is 0 Å². The highest BCUT2D eigenvalue weighted by molar-refractivity contribution is 5.01. The first-order chi connectivity index (χ1) is 7.27. The summed E-state index contributed by atoms with van der Waals surface area (Å²) in [7, 11) is 0. The van der Waals surface area contributed by atoms with E-state index < -0.39 is 0 Å². The minimum Gasteiger partial charge on any atom is -0.359 e. The zero-order valence-electron chi connectivity index (χ0n) is 8.68. The van der Waals surface area contributed by atoms with Crippen molar-refractivity contribution < 1.29 is 14.2 Å². The molecule has 3 heteroatoms. The van der Waals surface area contributed by atoms with Crippen molar-refractivity contribution in [3.05, 3.63) is 12.2 Å². The molecule has 3 atom stereocenters. The first-order valence-electron chi connectivity index (χ1n) is 4.72. The highest BCUT2D eigenvalue weighted by Gasteiger charge is 2.23. The molecule has 0 unspecified atom stereocenters. The Hall–Kier alpha value is -1.26. The lowest BCUT2D eigenvalue weighted by atomic mass is 10.1. The Balaban J connectivity index is 2.41. The molecule has 1 heterocycles. The molecule has 0 saturated heterocycles. The molecule has 0 N–H and O–H groups in total. The van der Waals surface area contributed by atoms with Crippen LogP contribution in [0.25, 0.3) is 0 Å². The predicted octanol–water partition coefficient (Wildman–Crippen LogP) is 0.956. The van der Waals surface area contributed by atoms with Gasteiger partial charge in [0.1, 0.15) is 19.3 Å². The Morgan fingerprint density at radius 1 is 1.20 bits per heavy atom. The average molecular weight is 206 g/mol. The van der Waals surface area contributed by atoms with Crippen LogP contribution in [-0.2, 0) is 14.2 Å². The maximum absolute atomic E-state index is 5.50. The number of terminal acetylenes is 2. The van der Waals surface area contributed by atoms with Gasteiger partial charge in [-0.2, -0.15) is 0 Å². The first kappa shape index (κ1) is 11.8. The second-order valence-electron chi connectivity index (χ2n) is 3.09. The summed E-state index contributed by atoms with van der Waals surface area (Å²) >= 11 is 0. The average Bonchev–Trinajstić information content (AvgIpc) is 2.25. The number of ether oxygens (including phenoxy) is 3. The summed E-state index contributed by atoms with van der Waals surface area (Å²) in [6, 6.07) is 0. The van der Waals surface area contributed by atoms with E-state index in [1.807, 2.05) is 13.0 Å². The Labute approximate surface area is 90.4 Å². The maximum Gasteiger partial charge on any atom is 0.178 e. The Morgan fingerprint density at radius 2 is 1.87 bits per heavy atom. The number of rotatable bonds is 4. The molecule has 15 heavy (non-hydrogen) atoms. The monoisotopic (exact) mass is 206 g/mol. The molecule has 0 aromatic rings. The smallest absolute Gasteiger partial charge is 0.178 e. The molecule has 1 rings (SSSR count). The van der Waals surface area contributed by atoms with Gasteiger partial charge in [0.15, 0.2) is 6.29 Å². The van der Waals surface area contributed by atoms with Crippen molar-refractivity contribution in [1.29, 1.82) is 0 Å². The van der Waals surface area contributed by atoms with Crippen LogP contribution in [0.15, 0.2) is 12.2 Å². The molecule has 80 valence electrons. The van der Waals surface area contributed by atoms with E-state index >= 15 is 0 Å². The molecule has 0 amide bonds. The van der Waals surface area contributed by atoms with Gasteiger partial charge in [-0.1, -0.05) is 17.9 Å². The van der Waals surface area contributed by atoms with Crippen LogP contribution in [0.4, 0.5) is 0 Å². The van der Waals surface area contributed by atoms with Crippen LogP contribution in [0, 0.1) is 24.7 Å². The molecule has 3 nitrogen and oxygen atoms in total. The van der Waals surface area contributed by atoms with Crippen LogP contribution < -0.4 is 0 Å². The fourth-order valence-electron chi connectivity index (χ4n) is 1.25. The summed E-state index contributed by atoms with van der Waals surface area (Å²) in [5, 5.41) is 0. The quantitative estimate of drug-likeness (QED) is 0.506. The lowest BCUT2D eigenvalue weighted by Gasteiger charge is -2.29. The number of hydrogen-bond acceptors (Lipinski definition) is 3. The third-order valence-corrected chi connectivity index (χ3v) is 1.96. The molecule has 1 aliphatic rings. The lowest BCUT2D eigenvalue weighted by Crippen LogP contribution is -2.36. The molecular weight excluding hydrogens is 192 g/mol. The van der Waals surface area contributed by atoms with Crippen molar-refractivity contribution in [3.8, 4) is 24.7 Å². The van der Waals surface area contributed by atoms with Crippen molar-refractivity contribution in [2.24, 2.45) is 0 Å². The van der Waals surface area contributed by atoms with Crippen molar-refractivity contribution in [2.45, 2.75) is 25.4 Å². The molecule has 0 aromatic carbocycles. The molecule has 0 bridgehead atoms. The minimum atomic E-state index is -0.387. The lowest BCUT2D eigenvalue weighted by molar-refractivity contribution is -0.165. The van der Waals surface area contributed by atoms with E-state index in [-0.39, 0.29) is 31.7 Å². The minimum absolute atomic E-state index is 0.0916. The summed E-state index contributed by atoms with van der Waals surface area (Å²) in [5.41, 5.74) is 0. The second kappa shape index (κ2) is 6.27. The topological polar surface area (TPSA) is 27.7 Å². The van der Waals surface area contributed by atoms with Crippen LogP contribution in [0.5, 0.6) is 0 Å². The van der Waals surface area contributed by atoms with E-state index in [1.54, 1.807) is 6.08 Å². The van der Waals surface area contributed by atoms with Gasteiger partial charge in [-0.3, -0.25) is 0 Å². The normalized spacial score (nSPS) is 29.4. The van der Waals surface area contributed by atoms with Gasteiger partial charge >= 0.3 is 0 Å². The third-order valence-electron chi connectivity index (χ3n) is 1.96. The van der Waals surface area contributed by atoms with E-state index in [4.69, 9.17) is 27.1 Å². The zero-order chi connectivity index (χ0) is 11.1. The highest BCUT2D eigenvalue weighted by Crippen LogP contribution is 2.16. The third kappa shape index (κ3) is 3.77. The van der Waals surface area contributed by atoms with Gasteiger partial charge in [0.25, 0.3) is 0 Å². The summed E-state index contributed by atoms with van der Waals surface area (Å²) in [6.45, 7) is 2.41. The highest BCUT2D eigenvalue weighted by atomic mass is 16.7. The van der Waals surface area contributed by atoms with Gasteiger partial charge < -0.3 is 14.2 Å².